The summed E-state index contributed by atoms with van der Waals surface area (Å²) in [6, 6.07) is 6.61. The van der Waals surface area contributed by atoms with E-state index in [1.54, 1.807) is 24.3 Å². The smallest absolute Gasteiger partial charge is 0.229 e. The van der Waals surface area contributed by atoms with Crippen molar-refractivity contribution in [3.8, 4) is 0 Å². The number of sulfonamides is 1. The average Bonchev–Trinajstić information content (AvgIpc) is 2.40. The van der Waals surface area contributed by atoms with Gasteiger partial charge in [0.1, 0.15) is 0 Å². The molecule has 1 saturated heterocycles. The Labute approximate surface area is 125 Å². The molecule has 6 nitrogen and oxygen atoms in total. The summed E-state index contributed by atoms with van der Waals surface area (Å²) in [5, 5.41) is 0. The number of likely N-dealkylation sites (N-methyl/N-ethyl adjacent to an activating group) is 1. The van der Waals surface area contributed by atoms with Crippen LogP contribution in [-0.2, 0) is 10.0 Å². The minimum Gasteiger partial charge on any atom is -0.304 e. The minimum atomic E-state index is -3.33. The number of benzene rings is 1. The fourth-order valence-corrected chi connectivity index (χ4v) is 2.83. The first-order valence-electron chi connectivity index (χ1n) is 6.85. The third-order valence-corrected chi connectivity index (χ3v) is 4.06. The van der Waals surface area contributed by atoms with E-state index in [-0.39, 0.29) is 5.78 Å². The number of hydrogen-bond donors (Lipinski definition) is 1. The number of nitrogens with one attached hydrogen (secondary N) is 1. The fraction of sp³-hybridized carbons (Fsp3) is 0.500. The van der Waals surface area contributed by atoms with Crippen molar-refractivity contribution in [3.05, 3.63) is 29.8 Å². The van der Waals surface area contributed by atoms with Gasteiger partial charge in [0.05, 0.1) is 12.8 Å². The van der Waals surface area contributed by atoms with E-state index in [1.165, 1.54) is 0 Å². The number of piperazine rings is 1. The summed E-state index contributed by atoms with van der Waals surface area (Å²) >= 11 is 0. The van der Waals surface area contributed by atoms with Crippen molar-refractivity contribution in [2.24, 2.45) is 0 Å². The van der Waals surface area contributed by atoms with E-state index in [0.29, 0.717) is 17.8 Å². The number of carbonyl (C=O) groups excluding carboxylic acids is 1. The lowest BCUT2D eigenvalue weighted by molar-refractivity contribution is 0.0876. The number of Topliss-reactive ketones (excluding diaryl/α,β-unsaturated/α-hetero) is 1. The van der Waals surface area contributed by atoms with Gasteiger partial charge in [0, 0.05) is 37.4 Å². The van der Waals surface area contributed by atoms with Crippen LogP contribution in [0.4, 0.5) is 5.69 Å². The molecule has 0 radical (unpaired) electrons. The molecule has 1 N–H and O–H groups in total. The van der Waals surface area contributed by atoms with Gasteiger partial charge in [-0.3, -0.25) is 14.4 Å². The second-order valence-electron chi connectivity index (χ2n) is 5.46. The molecule has 1 aliphatic heterocycles. The summed E-state index contributed by atoms with van der Waals surface area (Å²) in [4.78, 5) is 16.6. The molecule has 0 aromatic heterocycles. The molecule has 0 bridgehead atoms. The second-order valence-corrected chi connectivity index (χ2v) is 7.21. The Kier molecular flexibility index (Phi) is 4.97. The SMILES string of the molecule is CN1CCN(CC(=O)c2cccc(NS(C)(=O)=O)c2)CC1. The number of anilines is 1. The lowest BCUT2D eigenvalue weighted by Gasteiger charge is -2.31. The normalized spacial score (nSPS) is 17.6. The Morgan fingerprint density at radius 2 is 1.90 bits per heavy atom. The lowest BCUT2D eigenvalue weighted by Crippen LogP contribution is -2.46. The van der Waals surface area contributed by atoms with E-state index in [1.807, 2.05) is 0 Å². The molecule has 2 rings (SSSR count). The van der Waals surface area contributed by atoms with Crippen LogP contribution in [0.3, 0.4) is 0 Å². The summed E-state index contributed by atoms with van der Waals surface area (Å²) in [5.41, 5.74) is 0.948. The van der Waals surface area contributed by atoms with E-state index < -0.39 is 10.0 Å². The van der Waals surface area contributed by atoms with E-state index in [2.05, 4.69) is 21.6 Å². The molecule has 1 heterocycles. The predicted molar refractivity (Wildman–Crippen MR) is 83.2 cm³/mol. The van der Waals surface area contributed by atoms with Gasteiger partial charge in [0.2, 0.25) is 10.0 Å². The molecule has 0 amide bonds. The first-order chi connectivity index (χ1) is 9.83. The van der Waals surface area contributed by atoms with Crippen molar-refractivity contribution >= 4 is 21.5 Å². The van der Waals surface area contributed by atoms with Crippen molar-refractivity contribution in [1.29, 1.82) is 0 Å². The van der Waals surface area contributed by atoms with E-state index in [9.17, 15) is 13.2 Å². The predicted octanol–water partition coefficient (Wildman–Crippen LogP) is 0.488. The first-order valence-corrected chi connectivity index (χ1v) is 8.74. The first kappa shape index (κ1) is 15.9. The molecule has 1 aromatic carbocycles. The highest BCUT2D eigenvalue weighted by Gasteiger charge is 2.17. The van der Waals surface area contributed by atoms with Gasteiger partial charge in [-0.2, -0.15) is 0 Å². The average molecular weight is 311 g/mol. The van der Waals surface area contributed by atoms with Gasteiger partial charge >= 0.3 is 0 Å². The van der Waals surface area contributed by atoms with Crippen LogP contribution in [0.1, 0.15) is 10.4 Å². The number of nitrogens with zero attached hydrogens (tertiary/aromatic N) is 2. The number of rotatable bonds is 5. The summed E-state index contributed by atoms with van der Waals surface area (Å²) < 4.78 is 24.8. The molecule has 0 unspecified atom stereocenters. The van der Waals surface area contributed by atoms with Crippen molar-refractivity contribution in [1.82, 2.24) is 9.80 Å². The van der Waals surface area contributed by atoms with Crippen molar-refractivity contribution in [2.75, 3.05) is 50.7 Å². The van der Waals surface area contributed by atoms with Crippen LogP contribution in [0.2, 0.25) is 0 Å². The summed E-state index contributed by atoms with van der Waals surface area (Å²) in [6.07, 6.45) is 1.09. The zero-order valence-corrected chi connectivity index (χ0v) is 13.2. The van der Waals surface area contributed by atoms with Crippen LogP contribution >= 0.6 is 0 Å². The van der Waals surface area contributed by atoms with Crippen molar-refractivity contribution in [2.45, 2.75) is 0 Å². The highest BCUT2D eigenvalue weighted by atomic mass is 32.2. The zero-order valence-electron chi connectivity index (χ0n) is 12.4. The molecule has 1 fully saturated rings. The lowest BCUT2D eigenvalue weighted by atomic mass is 10.1. The van der Waals surface area contributed by atoms with Crippen LogP contribution in [0.5, 0.6) is 0 Å². The molecule has 21 heavy (non-hydrogen) atoms. The number of hydrogen-bond acceptors (Lipinski definition) is 5. The highest BCUT2D eigenvalue weighted by molar-refractivity contribution is 7.92. The molecule has 0 saturated carbocycles. The molecule has 0 aliphatic carbocycles. The topological polar surface area (TPSA) is 69.7 Å². The van der Waals surface area contributed by atoms with Gasteiger partial charge in [0.25, 0.3) is 0 Å². The van der Waals surface area contributed by atoms with Gasteiger partial charge in [-0.1, -0.05) is 12.1 Å². The van der Waals surface area contributed by atoms with Crippen molar-refractivity contribution < 1.29 is 13.2 Å². The van der Waals surface area contributed by atoms with Crippen LogP contribution in [0.15, 0.2) is 24.3 Å². The Hall–Kier alpha value is -1.44. The number of carbonyl (C=O) groups is 1. The van der Waals surface area contributed by atoms with E-state index >= 15 is 0 Å². The van der Waals surface area contributed by atoms with Gasteiger partial charge in [-0.05, 0) is 19.2 Å². The van der Waals surface area contributed by atoms with Crippen LogP contribution in [0, 0.1) is 0 Å². The molecular weight excluding hydrogens is 290 g/mol. The quantitative estimate of drug-likeness (QED) is 0.802. The van der Waals surface area contributed by atoms with Gasteiger partial charge in [0.15, 0.2) is 5.78 Å². The van der Waals surface area contributed by atoms with E-state index in [0.717, 1.165) is 32.4 Å². The molecule has 0 atom stereocenters. The monoisotopic (exact) mass is 311 g/mol. The standard InChI is InChI=1S/C14H21N3O3S/c1-16-6-8-17(9-7-16)11-14(18)12-4-3-5-13(10-12)15-21(2,19)20/h3-5,10,15H,6-9,11H2,1-2H3. The zero-order chi connectivity index (χ0) is 15.5. The summed E-state index contributed by atoms with van der Waals surface area (Å²) in [5.74, 6) is 0.0108. The van der Waals surface area contributed by atoms with E-state index in [4.69, 9.17) is 0 Å². The maximum Gasteiger partial charge on any atom is 0.229 e. The highest BCUT2D eigenvalue weighted by Crippen LogP contribution is 2.13. The second kappa shape index (κ2) is 6.55. The third kappa shape index (κ3) is 5.11. The fourth-order valence-electron chi connectivity index (χ4n) is 2.27. The van der Waals surface area contributed by atoms with Crippen LogP contribution in [-0.4, -0.2) is 70.0 Å². The van der Waals surface area contributed by atoms with Crippen LogP contribution < -0.4 is 4.72 Å². The molecule has 1 aromatic rings. The molecule has 7 heteroatoms. The summed E-state index contributed by atoms with van der Waals surface area (Å²) in [6.45, 7) is 4.05. The Morgan fingerprint density at radius 3 is 2.52 bits per heavy atom. The Bertz CT molecular complexity index is 608. The maximum atomic E-state index is 12.3. The van der Waals surface area contributed by atoms with Crippen molar-refractivity contribution in [3.63, 3.8) is 0 Å². The Balaban J connectivity index is 2.01. The molecule has 1 aliphatic rings. The van der Waals surface area contributed by atoms with Gasteiger partial charge in [-0.15, -0.1) is 0 Å². The molecular formula is C14H21N3O3S. The molecule has 116 valence electrons. The van der Waals surface area contributed by atoms with Crippen LogP contribution in [0.25, 0.3) is 0 Å². The third-order valence-electron chi connectivity index (χ3n) is 3.45. The van der Waals surface area contributed by atoms with Gasteiger partial charge in [-0.25, -0.2) is 8.42 Å². The largest absolute Gasteiger partial charge is 0.304 e. The maximum absolute atomic E-state index is 12.3. The Morgan fingerprint density at radius 1 is 1.24 bits per heavy atom. The number of ketones is 1. The minimum absolute atomic E-state index is 0.0108. The van der Waals surface area contributed by atoms with Gasteiger partial charge < -0.3 is 4.90 Å². The molecule has 0 spiro atoms. The summed E-state index contributed by atoms with van der Waals surface area (Å²) in [7, 11) is -1.26.